The summed E-state index contributed by atoms with van der Waals surface area (Å²) in [5.41, 5.74) is 0.167. The first kappa shape index (κ1) is 14.0. The van der Waals surface area contributed by atoms with E-state index in [1.165, 1.54) is 12.3 Å². The second kappa shape index (κ2) is 5.29. The van der Waals surface area contributed by atoms with Crippen LogP contribution in [0.4, 0.5) is 0 Å². The van der Waals surface area contributed by atoms with Gasteiger partial charge >= 0.3 is 0 Å². The molecule has 1 aliphatic heterocycles. The van der Waals surface area contributed by atoms with Crippen LogP contribution in [0.15, 0.2) is 18.3 Å². The van der Waals surface area contributed by atoms with Crippen molar-refractivity contribution < 1.29 is 9.59 Å². The highest BCUT2D eigenvalue weighted by Gasteiger charge is 2.41. The summed E-state index contributed by atoms with van der Waals surface area (Å²) in [5.74, 6) is -0.261. The van der Waals surface area contributed by atoms with Crippen molar-refractivity contribution in [3.05, 3.63) is 29.6 Å². The molecule has 1 N–H and O–H groups in total. The molecule has 2 amide bonds. The molecule has 2 heterocycles. The molecular formula is C14H16N4O2. The number of rotatable bonds is 2. The van der Waals surface area contributed by atoms with E-state index in [0.717, 1.165) is 0 Å². The van der Waals surface area contributed by atoms with E-state index in [9.17, 15) is 9.59 Å². The zero-order valence-corrected chi connectivity index (χ0v) is 11.5. The molecule has 0 saturated carbocycles. The normalized spacial score (nSPS) is 21.4. The molecule has 104 valence electrons. The summed E-state index contributed by atoms with van der Waals surface area (Å²) in [4.78, 5) is 29.7. The Kier molecular flexibility index (Phi) is 3.70. The van der Waals surface area contributed by atoms with Gasteiger partial charge in [-0.15, -0.1) is 0 Å². The largest absolute Gasteiger partial charge is 0.359 e. The summed E-state index contributed by atoms with van der Waals surface area (Å²) in [5, 5.41) is 11.3. The van der Waals surface area contributed by atoms with Crippen molar-refractivity contribution in [2.45, 2.75) is 13.3 Å². The maximum Gasteiger partial charge on any atom is 0.272 e. The van der Waals surface area contributed by atoms with E-state index >= 15 is 0 Å². The molecule has 0 spiro atoms. The van der Waals surface area contributed by atoms with Crippen molar-refractivity contribution in [3.63, 3.8) is 0 Å². The van der Waals surface area contributed by atoms with E-state index < -0.39 is 5.41 Å². The smallest absolute Gasteiger partial charge is 0.272 e. The minimum Gasteiger partial charge on any atom is -0.359 e. The number of carbonyl (C=O) groups excluding carboxylic acids is 2. The van der Waals surface area contributed by atoms with E-state index in [2.05, 4.69) is 10.3 Å². The quantitative estimate of drug-likeness (QED) is 0.852. The van der Waals surface area contributed by atoms with Gasteiger partial charge in [0.15, 0.2) is 0 Å². The van der Waals surface area contributed by atoms with Gasteiger partial charge in [-0.25, -0.2) is 4.98 Å². The predicted molar refractivity (Wildman–Crippen MR) is 71.6 cm³/mol. The van der Waals surface area contributed by atoms with Gasteiger partial charge in [0.1, 0.15) is 11.8 Å². The number of amides is 2. The molecular weight excluding hydrogens is 256 g/mol. The van der Waals surface area contributed by atoms with Crippen molar-refractivity contribution >= 4 is 11.8 Å². The van der Waals surface area contributed by atoms with Gasteiger partial charge in [0, 0.05) is 26.3 Å². The fourth-order valence-electron chi connectivity index (χ4n) is 2.37. The SMILES string of the molecule is CNC(=O)C1(C)CCN(C(=O)c2ccc(C#N)cn2)C1. The molecule has 2 rings (SSSR count). The third-order valence-corrected chi connectivity index (χ3v) is 3.65. The van der Waals surface area contributed by atoms with Gasteiger partial charge < -0.3 is 10.2 Å². The summed E-state index contributed by atoms with van der Waals surface area (Å²) in [6, 6.07) is 5.06. The molecule has 1 unspecified atom stereocenters. The number of nitrogens with zero attached hydrogens (tertiary/aromatic N) is 3. The van der Waals surface area contributed by atoms with Gasteiger partial charge in [0.25, 0.3) is 5.91 Å². The maximum atomic E-state index is 12.3. The van der Waals surface area contributed by atoms with Crippen LogP contribution in [0.25, 0.3) is 0 Å². The monoisotopic (exact) mass is 272 g/mol. The molecule has 6 heteroatoms. The van der Waals surface area contributed by atoms with E-state index in [1.54, 1.807) is 18.0 Å². The number of hydrogen-bond acceptors (Lipinski definition) is 4. The van der Waals surface area contributed by atoms with Crippen molar-refractivity contribution in [1.82, 2.24) is 15.2 Å². The van der Waals surface area contributed by atoms with E-state index in [0.29, 0.717) is 30.8 Å². The zero-order valence-electron chi connectivity index (χ0n) is 11.5. The average molecular weight is 272 g/mol. The van der Waals surface area contributed by atoms with Gasteiger partial charge in [0.05, 0.1) is 11.0 Å². The Hall–Kier alpha value is -2.42. The highest BCUT2D eigenvalue weighted by Crippen LogP contribution is 2.30. The van der Waals surface area contributed by atoms with Gasteiger partial charge in [0.2, 0.25) is 5.91 Å². The number of pyridine rings is 1. The number of carbonyl (C=O) groups is 2. The number of nitriles is 1. The Balaban J connectivity index is 2.11. The minimum atomic E-state index is -0.545. The van der Waals surface area contributed by atoms with Crippen molar-refractivity contribution in [2.24, 2.45) is 5.41 Å². The molecule has 1 aliphatic rings. The fourth-order valence-corrected chi connectivity index (χ4v) is 2.37. The Morgan fingerprint density at radius 3 is 2.80 bits per heavy atom. The molecule has 1 atom stereocenters. The molecule has 1 aromatic rings. The predicted octanol–water partition coefficient (Wildman–Crippen LogP) is 0.551. The van der Waals surface area contributed by atoms with Crippen LogP contribution in [-0.4, -0.2) is 41.8 Å². The Labute approximate surface area is 117 Å². The second-order valence-corrected chi connectivity index (χ2v) is 5.16. The van der Waals surface area contributed by atoms with Crippen LogP contribution >= 0.6 is 0 Å². The summed E-state index contributed by atoms with van der Waals surface area (Å²) in [6.45, 7) is 2.77. The third kappa shape index (κ3) is 2.48. The lowest BCUT2D eigenvalue weighted by molar-refractivity contribution is -0.128. The molecule has 1 saturated heterocycles. The number of aromatic nitrogens is 1. The van der Waals surface area contributed by atoms with E-state index in [4.69, 9.17) is 5.26 Å². The summed E-state index contributed by atoms with van der Waals surface area (Å²) < 4.78 is 0. The van der Waals surface area contributed by atoms with Gasteiger partial charge in [-0.1, -0.05) is 0 Å². The molecule has 20 heavy (non-hydrogen) atoms. The highest BCUT2D eigenvalue weighted by atomic mass is 16.2. The number of hydrogen-bond donors (Lipinski definition) is 1. The average Bonchev–Trinajstić information content (AvgIpc) is 2.89. The maximum absolute atomic E-state index is 12.3. The first-order valence-corrected chi connectivity index (χ1v) is 6.38. The lowest BCUT2D eigenvalue weighted by Gasteiger charge is -2.22. The Morgan fingerprint density at radius 1 is 1.50 bits per heavy atom. The van der Waals surface area contributed by atoms with Crippen molar-refractivity contribution in [2.75, 3.05) is 20.1 Å². The number of likely N-dealkylation sites (tertiary alicyclic amines) is 1. The fraction of sp³-hybridized carbons (Fsp3) is 0.429. The molecule has 6 nitrogen and oxygen atoms in total. The van der Waals surface area contributed by atoms with Crippen LogP contribution in [0.1, 0.15) is 29.4 Å². The third-order valence-electron chi connectivity index (χ3n) is 3.65. The summed E-state index contributed by atoms with van der Waals surface area (Å²) in [6.07, 6.45) is 2.01. The minimum absolute atomic E-state index is 0.0550. The first-order valence-electron chi connectivity index (χ1n) is 6.38. The summed E-state index contributed by atoms with van der Waals surface area (Å²) >= 11 is 0. The molecule has 1 fully saturated rings. The Morgan fingerprint density at radius 2 is 2.25 bits per heavy atom. The van der Waals surface area contributed by atoms with Crippen LogP contribution in [-0.2, 0) is 4.79 Å². The number of nitrogens with one attached hydrogen (secondary N) is 1. The lowest BCUT2D eigenvalue weighted by atomic mass is 9.89. The van der Waals surface area contributed by atoms with Crippen LogP contribution in [0.5, 0.6) is 0 Å². The lowest BCUT2D eigenvalue weighted by Crippen LogP contribution is -2.40. The molecule has 1 aromatic heterocycles. The second-order valence-electron chi connectivity index (χ2n) is 5.16. The van der Waals surface area contributed by atoms with Crippen LogP contribution in [0.3, 0.4) is 0 Å². The van der Waals surface area contributed by atoms with Crippen LogP contribution < -0.4 is 5.32 Å². The zero-order chi connectivity index (χ0) is 14.8. The van der Waals surface area contributed by atoms with Crippen LogP contribution in [0, 0.1) is 16.7 Å². The molecule has 0 aromatic carbocycles. The van der Waals surface area contributed by atoms with Crippen LogP contribution in [0.2, 0.25) is 0 Å². The molecule has 0 aliphatic carbocycles. The Bertz CT molecular complexity index is 576. The molecule has 0 bridgehead atoms. The van der Waals surface area contributed by atoms with E-state index in [-0.39, 0.29) is 11.8 Å². The molecule has 0 radical (unpaired) electrons. The van der Waals surface area contributed by atoms with E-state index in [1.807, 2.05) is 13.0 Å². The van der Waals surface area contributed by atoms with Gasteiger partial charge in [-0.05, 0) is 25.5 Å². The highest BCUT2D eigenvalue weighted by molar-refractivity contribution is 5.93. The summed E-state index contributed by atoms with van der Waals surface area (Å²) in [7, 11) is 1.60. The van der Waals surface area contributed by atoms with Crippen molar-refractivity contribution in [1.29, 1.82) is 5.26 Å². The van der Waals surface area contributed by atoms with Gasteiger partial charge in [-0.2, -0.15) is 5.26 Å². The standard InChI is InChI=1S/C14H16N4O2/c1-14(13(20)16-2)5-6-18(9-14)12(19)11-4-3-10(7-15)8-17-11/h3-4,8H,5-6,9H2,1-2H3,(H,16,20). The van der Waals surface area contributed by atoms with Gasteiger partial charge in [-0.3, -0.25) is 9.59 Å². The first-order chi connectivity index (χ1) is 9.50. The van der Waals surface area contributed by atoms with Crippen molar-refractivity contribution in [3.8, 4) is 6.07 Å². The topological polar surface area (TPSA) is 86.1 Å².